The van der Waals surface area contributed by atoms with Gasteiger partial charge in [0, 0.05) is 92.3 Å². The number of morpholine rings is 1. The van der Waals surface area contributed by atoms with Gasteiger partial charge in [0.1, 0.15) is 17.2 Å². The van der Waals surface area contributed by atoms with Gasteiger partial charge in [-0.15, -0.1) is 0 Å². The summed E-state index contributed by atoms with van der Waals surface area (Å²) in [5.41, 5.74) is 5.86. The maximum absolute atomic E-state index is 13.9. The number of hydrogen-bond acceptors (Lipinski definition) is 11. The molecule has 332 valence electrons. The molecule has 0 bridgehead atoms. The molecule has 8 rings (SSSR count). The smallest absolute Gasteiger partial charge is 0.293 e. The van der Waals surface area contributed by atoms with Gasteiger partial charge in [-0.2, -0.15) is 0 Å². The van der Waals surface area contributed by atoms with Crippen LogP contribution in [0.25, 0.3) is 16.5 Å². The molecule has 2 saturated heterocycles. The Morgan fingerprint density at radius 2 is 1.71 bits per heavy atom. The first-order valence-corrected chi connectivity index (χ1v) is 23.4. The Morgan fingerprint density at radius 3 is 2.48 bits per heavy atom. The molecule has 5 aromatic rings. The van der Waals surface area contributed by atoms with Crippen molar-refractivity contribution in [2.45, 2.75) is 44.4 Å². The van der Waals surface area contributed by atoms with E-state index < -0.39 is 31.4 Å². The predicted octanol–water partition coefficient (Wildman–Crippen LogP) is 8.56. The number of halogens is 1. The Bertz CT molecular complexity index is 2600. The lowest BCUT2D eigenvalue weighted by Gasteiger charge is -2.39. The lowest BCUT2D eigenvalue weighted by Crippen LogP contribution is -2.47. The maximum atomic E-state index is 13.9. The van der Waals surface area contributed by atoms with E-state index in [2.05, 4.69) is 55.7 Å². The molecule has 1 aromatic heterocycles. The summed E-state index contributed by atoms with van der Waals surface area (Å²) in [6.45, 7) is 13.0. The minimum Gasteiger partial charge on any atom is -0.456 e. The number of nitrogens with zero attached hydrogens (tertiary/aromatic N) is 4. The summed E-state index contributed by atoms with van der Waals surface area (Å²) in [5, 5.41) is 16.8. The molecular formula is C47H54ClN7O7S. The highest BCUT2D eigenvalue weighted by atomic mass is 35.5. The average Bonchev–Trinajstić information content (AvgIpc) is 3.74. The third-order valence-electron chi connectivity index (χ3n) is 12.3. The molecule has 16 heteroatoms. The number of fused-ring (bicyclic) bond motifs is 1. The first kappa shape index (κ1) is 44.2. The molecule has 63 heavy (non-hydrogen) atoms. The predicted molar refractivity (Wildman–Crippen MR) is 248 cm³/mol. The van der Waals surface area contributed by atoms with Crippen LogP contribution in [0.2, 0.25) is 5.02 Å². The number of sulfonamides is 1. The first-order valence-electron chi connectivity index (χ1n) is 21.5. The van der Waals surface area contributed by atoms with Crippen LogP contribution in [0.15, 0.2) is 102 Å². The number of allylic oxidation sites excluding steroid dienone is 1. The number of carbonyl (C=O) groups is 1. The van der Waals surface area contributed by atoms with E-state index in [1.807, 2.05) is 36.5 Å². The summed E-state index contributed by atoms with van der Waals surface area (Å²) in [5.74, 6) is -0.301. The number of H-pyrrole nitrogens is 1. The second kappa shape index (κ2) is 19.1. The first-order chi connectivity index (χ1) is 30.3. The molecule has 4 aromatic carbocycles. The van der Waals surface area contributed by atoms with Gasteiger partial charge in [-0.3, -0.25) is 24.7 Å². The monoisotopic (exact) mass is 895 g/mol. The van der Waals surface area contributed by atoms with Crippen LogP contribution in [-0.4, -0.2) is 106 Å². The molecule has 0 spiro atoms. The van der Waals surface area contributed by atoms with Crippen LogP contribution in [-0.2, 0) is 14.8 Å². The molecular weight excluding hydrogens is 842 g/mol. The number of nitro benzene ring substituents is 1. The van der Waals surface area contributed by atoms with Crippen LogP contribution in [0.5, 0.6) is 11.5 Å². The second-order valence-electron chi connectivity index (χ2n) is 17.3. The Morgan fingerprint density at radius 1 is 0.937 bits per heavy atom. The Hall–Kier alpha value is -5.45. The third-order valence-corrected chi connectivity index (χ3v) is 13.8. The van der Waals surface area contributed by atoms with E-state index in [1.165, 1.54) is 28.8 Å². The van der Waals surface area contributed by atoms with Crippen molar-refractivity contribution in [2.75, 3.05) is 82.3 Å². The summed E-state index contributed by atoms with van der Waals surface area (Å²) < 4.78 is 41.3. The van der Waals surface area contributed by atoms with Gasteiger partial charge in [-0.1, -0.05) is 43.2 Å². The van der Waals surface area contributed by atoms with Gasteiger partial charge in [0.05, 0.1) is 28.6 Å². The topological polar surface area (TPSA) is 162 Å². The van der Waals surface area contributed by atoms with Gasteiger partial charge < -0.3 is 24.7 Å². The fourth-order valence-corrected chi connectivity index (χ4v) is 9.78. The van der Waals surface area contributed by atoms with Gasteiger partial charge in [0.15, 0.2) is 0 Å². The standard InChI is InChI=1S/C47H54ClN7O7S/c1-47(2)16-14-35(41(31-47)33-4-6-36(48)7-5-33)32-53-20-22-54(23-21-53)37-8-11-40(45(29-37)62-38-9-12-42-34(28-38)15-18-50-42)46(56)51-63(59,60)39-10-13-43(44(30-39)55(57)58)49-17-3-19-52-24-26-61-27-25-52/h4-13,15,18,28-30,49-50H,3,14,16-17,19-27,31-32H2,1-2H3,(H,51,56). The number of hydrogen-bond donors (Lipinski definition) is 3. The van der Waals surface area contributed by atoms with Gasteiger partial charge >= 0.3 is 0 Å². The molecule has 0 saturated carbocycles. The normalized spacial score (nSPS) is 17.5. The van der Waals surface area contributed by atoms with Crippen LogP contribution < -0.4 is 19.7 Å². The SMILES string of the molecule is CC1(C)CCC(CN2CCN(c3ccc(C(=O)NS(=O)(=O)c4ccc(NCCCN5CCOCC5)c([N+](=O)[O-])c4)c(Oc4ccc5[nH]ccc5c4)c3)CC2)=C(c2ccc(Cl)cc2)C1. The largest absolute Gasteiger partial charge is 0.456 e. The molecule has 2 fully saturated rings. The summed E-state index contributed by atoms with van der Waals surface area (Å²) in [4.78, 5) is 35.2. The number of rotatable bonds is 15. The van der Waals surface area contributed by atoms with E-state index >= 15 is 0 Å². The van der Waals surface area contributed by atoms with Crippen molar-refractivity contribution in [2.24, 2.45) is 5.41 Å². The molecule has 1 amide bonds. The van der Waals surface area contributed by atoms with Crippen molar-refractivity contribution in [3.8, 4) is 11.5 Å². The molecule has 1 aliphatic carbocycles. The highest BCUT2D eigenvalue weighted by Crippen LogP contribution is 2.43. The summed E-state index contributed by atoms with van der Waals surface area (Å²) >= 11 is 6.25. The van der Waals surface area contributed by atoms with Gasteiger partial charge in [-0.25, -0.2) is 13.1 Å². The van der Waals surface area contributed by atoms with E-state index in [9.17, 15) is 23.3 Å². The molecule has 0 unspecified atom stereocenters. The van der Waals surface area contributed by atoms with E-state index in [1.54, 1.807) is 24.3 Å². The zero-order valence-corrected chi connectivity index (χ0v) is 37.3. The highest BCUT2D eigenvalue weighted by molar-refractivity contribution is 7.90. The van der Waals surface area contributed by atoms with Crippen LogP contribution in [0.4, 0.5) is 17.1 Å². The van der Waals surface area contributed by atoms with E-state index in [0.717, 1.165) is 106 Å². The maximum Gasteiger partial charge on any atom is 0.293 e. The zero-order valence-electron chi connectivity index (χ0n) is 35.7. The number of anilines is 2. The fraction of sp³-hybridized carbons (Fsp3) is 0.383. The molecule has 0 radical (unpaired) electrons. The Balaban J connectivity index is 0.980. The molecule has 0 atom stereocenters. The lowest BCUT2D eigenvalue weighted by molar-refractivity contribution is -0.384. The van der Waals surface area contributed by atoms with E-state index in [-0.39, 0.29) is 22.4 Å². The number of aromatic amines is 1. The average molecular weight is 897 g/mol. The number of carbonyl (C=O) groups excluding carboxylic acids is 1. The zero-order chi connectivity index (χ0) is 44.1. The quantitative estimate of drug-likeness (QED) is 0.0525. The third kappa shape index (κ3) is 10.8. The number of ether oxygens (including phenoxy) is 2. The number of aromatic nitrogens is 1. The molecule has 2 aliphatic heterocycles. The van der Waals surface area contributed by atoms with Crippen molar-refractivity contribution in [3.05, 3.63) is 123 Å². The fourth-order valence-electron chi connectivity index (χ4n) is 8.67. The second-order valence-corrected chi connectivity index (χ2v) is 19.4. The minimum absolute atomic E-state index is 0.00919. The summed E-state index contributed by atoms with van der Waals surface area (Å²) in [6, 6.07) is 24.3. The molecule has 3 N–H and O–H groups in total. The van der Waals surface area contributed by atoms with Gasteiger partial charge in [0.25, 0.3) is 21.6 Å². The van der Waals surface area contributed by atoms with Crippen molar-refractivity contribution < 1.29 is 27.6 Å². The van der Waals surface area contributed by atoms with Crippen molar-refractivity contribution >= 4 is 61.1 Å². The van der Waals surface area contributed by atoms with Crippen LogP contribution in [0.3, 0.4) is 0 Å². The summed E-state index contributed by atoms with van der Waals surface area (Å²) in [6.07, 6.45) is 5.76. The van der Waals surface area contributed by atoms with E-state index in [4.69, 9.17) is 21.1 Å². The van der Waals surface area contributed by atoms with Crippen LogP contribution in [0.1, 0.15) is 55.5 Å². The summed E-state index contributed by atoms with van der Waals surface area (Å²) in [7, 11) is -4.55. The Kier molecular flexibility index (Phi) is 13.4. The number of nitrogens with one attached hydrogen (secondary N) is 3. The molecule has 3 heterocycles. The number of amides is 1. The number of benzene rings is 4. The minimum atomic E-state index is -4.55. The highest BCUT2D eigenvalue weighted by Gasteiger charge is 2.30. The van der Waals surface area contributed by atoms with Crippen molar-refractivity contribution in [1.82, 2.24) is 19.5 Å². The molecule has 14 nitrogen and oxygen atoms in total. The van der Waals surface area contributed by atoms with Gasteiger partial charge in [-0.05, 0) is 109 Å². The number of piperazine rings is 1. The van der Waals surface area contributed by atoms with E-state index in [0.29, 0.717) is 25.5 Å². The number of nitro groups is 1. The molecule has 3 aliphatic rings. The van der Waals surface area contributed by atoms with Crippen molar-refractivity contribution in [3.63, 3.8) is 0 Å². The van der Waals surface area contributed by atoms with Gasteiger partial charge in [0.2, 0.25) is 0 Å². The van der Waals surface area contributed by atoms with Crippen LogP contribution in [0, 0.1) is 15.5 Å². The van der Waals surface area contributed by atoms with Crippen molar-refractivity contribution in [1.29, 1.82) is 0 Å². The lowest BCUT2D eigenvalue weighted by atomic mass is 9.72. The Labute approximate surface area is 373 Å². The van der Waals surface area contributed by atoms with Crippen LogP contribution >= 0.6 is 11.6 Å².